The molecule has 390 valence electrons. The molecule has 0 bridgehead atoms. The first-order valence-electron chi connectivity index (χ1n) is 23.3. The number of hydrogen-bond donors (Lipinski definition) is 2. The molecular weight excluding hydrogens is 937 g/mol. The van der Waals surface area contributed by atoms with Crippen LogP contribution < -0.4 is 36.2 Å². The molecule has 0 saturated heterocycles. The molecular formula is C57H63N2O14-5. The monoisotopic (exact) mass is 999 g/mol. The first-order chi connectivity index (χ1) is 34.0. The van der Waals surface area contributed by atoms with E-state index >= 15 is 0 Å². The maximum atomic E-state index is 11.5. The van der Waals surface area contributed by atoms with Crippen molar-refractivity contribution in [1.82, 2.24) is 5.32 Å². The van der Waals surface area contributed by atoms with Crippen molar-refractivity contribution in [1.29, 1.82) is 0 Å². The van der Waals surface area contributed by atoms with Gasteiger partial charge in [-0.2, -0.15) is 0 Å². The standard InChI is InChI=1S/C15H22O2.C13H16O2.C11H13NO3.C9H9NO3.C9H8O4/c1-14(2,3)11-7-10(13(16)17)8-12(9-11)15(4,5)6;14-13(15)12-8-6-11(7-9-12)10-4-2-1-3-5-10;1-7(2)12-10(13)8-3-5-9(6-4-8)11(14)15;1-6(11)10-8-4-2-7(3-5-8)9(12)13;1-13-9(12)7-4-2-6(3-5-7)8(10)11/h7-9H,1-6H3,(H,16,17);6-10H,1-5H2,(H,14,15);3-7H,1-2H3,(H,12,13)(H,14,15);2-5H,1H3,(H,10,11)(H,12,13);2-5H,1H3,(H,10,11)/p-5. The Hall–Kier alpha value is -8.14. The van der Waals surface area contributed by atoms with E-state index in [0.717, 1.165) is 11.1 Å². The van der Waals surface area contributed by atoms with E-state index in [4.69, 9.17) is 0 Å². The summed E-state index contributed by atoms with van der Waals surface area (Å²) in [5, 5.41) is 58.0. The largest absolute Gasteiger partial charge is 0.545 e. The van der Waals surface area contributed by atoms with Gasteiger partial charge in [0.1, 0.15) is 0 Å². The van der Waals surface area contributed by atoms with Gasteiger partial charge in [0, 0.05) is 24.2 Å². The average Bonchev–Trinajstić information content (AvgIpc) is 3.34. The first kappa shape index (κ1) is 61.0. The molecule has 6 rings (SSSR count). The van der Waals surface area contributed by atoms with Crippen LogP contribution in [0.5, 0.6) is 0 Å². The van der Waals surface area contributed by atoms with Crippen LogP contribution in [0.15, 0.2) is 115 Å². The van der Waals surface area contributed by atoms with Crippen molar-refractivity contribution in [3.8, 4) is 0 Å². The van der Waals surface area contributed by atoms with Crippen LogP contribution in [0.3, 0.4) is 0 Å². The number of methoxy groups -OCH3 is 1. The van der Waals surface area contributed by atoms with Crippen LogP contribution in [0.2, 0.25) is 0 Å². The number of benzene rings is 5. The lowest BCUT2D eigenvalue weighted by atomic mass is 9.79. The van der Waals surface area contributed by atoms with Gasteiger partial charge in [0.2, 0.25) is 5.91 Å². The molecule has 0 spiro atoms. The number of hydrogen-bond acceptors (Lipinski definition) is 14. The molecule has 2 amide bonds. The third-order valence-corrected chi connectivity index (χ3v) is 10.9. The summed E-state index contributed by atoms with van der Waals surface area (Å²) < 4.78 is 4.43. The fourth-order valence-corrected chi connectivity index (χ4v) is 6.80. The number of anilines is 1. The summed E-state index contributed by atoms with van der Waals surface area (Å²) in [5.41, 5.74) is 5.26. The van der Waals surface area contributed by atoms with E-state index in [9.17, 15) is 63.9 Å². The van der Waals surface area contributed by atoms with E-state index in [2.05, 4.69) is 63.0 Å². The minimum atomic E-state index is -1.27. The van der Waals surface area contributed by atoms with Crippen LogP contribution >= 0.6 is 0 Å². The summed E-state index contributed by atoms with van der Waals surface area (Å²) >= 11 is 0. The molecule has 1 aliphatic carbocycles. The Morgan fingerprint density at radius 1 is 0.493 bits per heavy atom. The molecule has 1 saturated carbocycles. The number of carbonyl (C=O) groups excluding carboxylic acids is 8. The van der Waals surface area contributed by atoms with Gasteiger partial charge in [-0.05, 0) is 136 Å². The van der Waals surface area contributed by atoms with Crippen molar-refractivity contribution in [3.63, 3.8) is 0 Å². The highest BCUT2D eigenvalue weighted by atomic mass is 16.5. The van der Waals surface area contributed by atoms with E-state index < -0.39 is 35.8 Å². The second-order valence-electron chi connectivity index (χ2n) is 19.2. The third kappa shape index (κ3) is 21.8. The molecule has 2 N–H and O–H groups in total. The number of carbonyl (C=O) groups is 8. The molecule has 5 aromatic carbocycles. The molecule has 1 aliphatic rings. The van der Waals surface area contributed by atoms with Crippen LogP contribution in [0.1, 0.15) is 190 Å². The van der Waals surface area contributed by atoms with E-state index in [1.54, 1.807) is 24.3 Å². The Bertz CT molecular complexity index is 2620. The Morgan fingerprint density at radius 3 is 1.16 bits per heavy atom. The van der Waals surface area contributed by atoms with Gasteiger partial charge in [-0.3, -0.25) is 9.59 Å². The van der Waals surface area contributed by atoms with Gasteiger partial charge >= 0.3 is 5.97 Å². The van der Waals surface area contributed by atoms with Crippen molar-refractivity contribution in [2.24, 2.45) is 0 Å². The maximum absolute atomic E-state index is 11.5. The molecule has 0 aliphatic heterocycles. The number of aromatic carboxylic acids is 5. The summed E-state index contributed by atoms with van der Waals surface area (Å²) in [6.45, 7) is 17.6. The SMILES string of the molecule is CC(=O)Nc1ccc(C(=O)[O-])cc1.CC(C)(C)c1cc(C(=O)[O-])cc(C(C)(C)C)c1.CC(C)NC(=O)c1ccc(C(=O)[O-])cc1.COC(=O)c1ccc(C(=O)[O-])cc1.O=C([O-])c1ccc(C2CCCCC2)cc1. The zero-order valence-corrected chi connectivity index (χ0v) is 42.9. The number of esters is 1. The molecule has 0 atom stereocenters. The van der Waals surface area contributed by atoms with E-state index in [1.807, 2.05) is 26.0 Å². The van der Waals surface area contributed by atoms with E-state index in [-0.39, 0.29) is 56.5 Å². The first-order valence-corrected chi connectivity index (χ1v) is 23.3. The lowest BCUT2D eigenvalue weighted by molar-refractivity contribution is -0.256. The Morgan fingerprint density at radius 2 is 0.836 bits per heavy atom. The zero-order chi connectivity index (χ0) is 55.2. The summed E-state index contributed by atoms with van der Waals surface area (Å²) in [7, 11) is 1.26. The molecule has 5 aromatic rings. The zero-order valence-electron chi connectivity index (χ0n) is 42.9. The molecule has 0 aromatic heterocycles. The van der Waals surface area contributed by atoms with Crippen LogP contribution in [0, 0.1) is 0 Å². The van der Waals surface area contributed by atoms with E-state index in [1.165, 1.54) is 124 Å². The summed E-state index contributed by atoms with van der Waals surface area (Å²) in [6, 6.07) is 29.5. The van der Waals surface area contributed by atoms with Gasteiger partial charge < -0.3 is 64.9 Å². The molecule has 73 heavy (non-hydrogen) atoms. The van der Waals surface area contributed by atoms with Crippen molar-refractivity contribution in [3.05, 3.63) is 171 Å². The molecule has 0 unspecified atom stereocenters. The quantitative estimate of drug-likeness (QED) is 0.178. The van der Waals surface area contributed by atoms with Crippen LogP contribution in [-0.4, -0.2) is 60.8 Å². The summed E-state index contributed by atoms with van der Waals surface area (Å²) in [6.07, 6.45) is 6.42. The Balaban J connectivity index is 0.000000314. The normalized spacial score (nSPS) is 11.9. The number of carboxylic acids is 5. The van der Waals surface area contributed by atoms with Gasteiger partial charge in [0.15, 0.2) is 0 Å². The van der Waals surface area contributed by atoms with Crippen LogP contribution in [0.4, 0.5) is 5.69 Å². The molecule has 16 nitrogen and oxygen atoms in total. The average molecular weight is 1000 g/mol. The second kappa shape index (κ2) is 28.6. The summed E-state index contributed by atoms with van der Waals surface area (Å²) in [5.74, 6) is -6.21. The number of amides is 2. The van der Waals surface area contributed by atoms with Gasteiger partial charge in [0.05, 0.1) is 42.5 Å². The number of carboxylic acid groups (broad SMARTS) is 5. The van der Waals surface area contributed by atoms with Gasteiger partial charge in [0.25, 0.3) is 5.91 Å². The molecule has 0 radical (unpaired) electrons. The van der Waals surface area contributed by atoms with Crippen molar-refractivity contribution in [2.75, 3.05) is 12.4 Å². The van der Waals surface area contributed by atoms with Crippen molar-refractivity contribution in [2.45, 2.75) is 117 Å². The van der Waals surface area contributed by atoms with Crippen molar-refractivity contribution < 1.29 is 68.6 Å². The van der Waals surface area contributed by atoms with Crippen molar-refractivity contribution >= 4 is 53.3 Å². The number of rotatable bonds is 10. The van der Waals surface area contributed by atoms with Crippen LogP contribution in [-0.2, 0) is 20.4 Å². The maximum Gasteiger partial charge on any atom is 0.337 e. The Labute approximate surface area is 426 Å². The topological polar surface area (TPSA) is 285 Å². The summed E-state index contributed by atoms with van der Waals surface area (Å²) in [4.78, 5) is 85.7. The minimum Gasteiger partial charge on any atom is -0.545 e. The molecule has 0 heterocycles. The fraction of sp³-hybridized carbons (Fsp3) is 0.333. The lowest BCUT2D eigenvalue weighted by Gasteiger charge is -2.26. The van der Waals surface area contributed by atoms with Crippen LogP contribution in [0.25, 0.3) is 0 Å². The minimum absolute atomic E-state index is 0.0349. The highest BCUT2D eigenvalue weighted by Crippen LogP contribution is 2.33. The van der Waals surface area contributed by atoms with Gasteiger partial charge in [-0.1, -0.05) is 128 Å². The predicted octanol–water partition coefficient (Wildman–Crippen LogP) is 4.78. The van der Waals surface area contributed by atoms with Gasteiger partial charge in [-0.25, -0.2) is 4.79 Å². The fourth-order valence-electron chi connectivity index (χ4n) is 6.80. The van der Waals surface area contributed by atoms with E-state index in [0.29, 0.717) is 22.7 Å². The Kier molecular flexibility index (Phi) is 23.9. The number of ether oxygens (including phenoxy) is 1. The highest BCUT2D eigenvalue weighted by molar-refractivity contribution is 5.96. The lowest BCUT2D eigenvalue weighted by Crippen LogP contribution is -2.30. The third-order valence-electron chi connectivity index (χ3n) is 10.9. The number of nitrogens with one attached hydrogen (secondary N) is 2. The molecule has 16 heteroatoms. The highest BCUT2D eigenvalue weighted by Gasteiger charge is 2.21. The second-order valence-corrected chi connectivity index (χ2v) is 19.2. The predicted molar refractivity (Wildman–Crippen MR) is 265 cm³/mol. The smallest absolute Gasteiger partial charge is 0.337 e. The molecule has 1 fully saturated rings. The van der Waals surface area contributed by atoms with Gasteiger partial charge in [-0.15, -0.1) is 0 Å².